The lowest BCUT2D eigenvalue weighted by Crippen LogP contribution is -2.56. The summed E-state index contributed by atoms with van der Waals surface area (Å²) in [6.07, 6.45) is 2.23. The number of H-pyrrole nitrogens is 1. The van der Waals surface area contributed by atoms with Crippen molar-refractivity contribution < 1.29 is 17.9 Å². The molecule has 2 aliphatic heterocycles. The van der Waals surface area contributed by atoms with Crippen molar-refractivity contribution in [3.63, 3.8) is 0 Å². The maximum atomic E-state index is 12.7. The predicted molar refractivity (Wildman–Crippen MR) is 134 cm³/mol. The van der Waals surface area contributed by atoms with E-state index < -0.39 is 16.2 Å². The first-order chi connectivity index (χ1) is 17.3. The minimum Gasteiger partial charge on any atom is -0.378 e. The summed E-state index contributed by atoms with van der Waals surface area (Å²) in [6.45, 7) is 5.37. The number of morpholine rings is 1. The number of benzene rings is 1. The molecule has 36 heavy (non-hydrogen) atoms. The molecule has 1 aromatic carbocycles. The van der Waals surface area contributed by atoms with E-state index in [0.29, 0.717) is 64.3 Å². The third-order valence-corrected chi connectivity index (χ3v) is 7.70. The minimum atomic E-state index is -3.28. The van der Waals surface area contributed by atoms with Crippen molar-refractivity contribution in [2.75, 3.05) is 69.0 Å². The van der Waals surface area contributed by atoms with Gasteiger partial charge < -0.3 is 15.0 Å². The molecule has 2 fully saturated rings. The SMILES string of the molecule is CC(=O)C(Nc1nc(-c2cccc3[nH]ncc23)nc(N2CCOCC2)n1)N1CCN(S(C)(=O)=O)CC1. The number of nitrogens with zero attached hydrogens (tertiary/aromatic N) is 7. The van der Waals surface area contributed by atoms with Gasteiger partial charge in [0.25, 0.3) is 0 Å². The second-order valence-electron chi connectivity index (χ2n) is 8.87. The number of rotatable bonds is 7. The number of Topliss-reactive ketones (excluding diaryl/α,β-unsaturated/α-hetero) is 1. The molecule has 4 heterocycles. The van der Waals surface area contributed by atoms with Crippen LogP contribution in [-0.2, 0) is 19.6 Å². The minimum absolute atomic E-state index is 0.116. The van der Waals surface area contributed by atoms with Crippen LogP contribution in [0.1, 0.15) is 6.92 Å². The summed E-state index contributed by atoms with van der Waals surface area (Å²) < 4.78 is 30.7. The number of nitrogens with one attached hydrogen (secondary N) is 2. The largest absolute Gasteiger partial charge is 0.378 e. The van der Waals surface area contributed by atoms with E-state index >= 15 is 0 Å². The average molecular weight is 516 g/mol. The molecular formula is C22H29N9O4S. The number of ketones is 1. The van der Waals surface area contributed by atoms with E-state index in [9.17, 15) is 13.2 Å². The van der Waals surface area contributed by atoms with Gasteiger partial charge >= 0.3 is 0 Å². The van der Waals surface area contributed by atoms with Crippen LogP contribution in [0.4, 0.5) is 11.9 Å². The molecule has 2 saturated heterocycles. The van der Waals surface area contributed by atoms with Gasteiger partial charge in [-0.05, 0) is 13.0 Å². The van der Waals surface area contributed by atoms with E-state index in [4.69, 9.17) is 9.72 Å². The molecule has 5 rings (SSSR count). The van der Waals surface area contributed by atoms with Crippen LogP contribution in [0.3, 0.4) is 0 Å². The first-order valence-electron chi connectivity index (χ1n) is 11.8. The Hall–Kier alpha value is -3.20. The molecule has 1 unspecified atom stereocenters. The zero-order chi connectivity index (χ0) is 25.3. The zero-order valence-corrected chi connectivity index (χ0v) is 21.0. The Bertz CT molecular complexity index is 1350. The molecule has 0 bridgehead atoms. The Balaban J connectivity index is 1.47. The molecule has 2 aliphatic rings. The highest BCUT2D eigenvalue weighted by Crippen LogP contribution is 2.27. The normalized spacial score (nSPS) is 18.9. The van der Waals surface area contributed by atoms with Crippen molar-refractivity contribution in [2.24, 2.45) is 0 Å². The number of sulfonamides is 1. The molecule has 0 saturated carbocycles. The quantitative estimate of drug-likeness (QED) is 0.443. The van der Waals surface area contributed by atoms with E-state index in [1.807, 2.05) is 28.0 Å². The molecule has 2 N–H and O–H groups in total. The first kappa shape index (κ1) is 24.5. The third kappa shape index (κ3) is 5.16. The summed E-state index contributed by atoms with van der Waals surface area (Å²) in [5.41, 5.74) is 1.66. The number of anilines is 2. The van der Waals surface area contributed by atoms with Gasteiger partial charge in [0.15, 0.2) is 11.6 Å². The summed E-state index contributed by atoms with van der Waals surface area (Å²) >= 11 is 0. The summed E-state index contributed by atoms with van der Waals surface area (Å²) in [4.78, 5) is 30.7. The van der Waals surface area contributed by atoms with Crippen molar-refractivity contribution in [3.8, 4) is 11.4 Å². The van der Waals surface area contributed by atoms with Gasteiger partial charge in [0.1, 0.15) is 6.17 Å². The standard InChI is InChI=1S/C22H29N9O4S/c1-15(32)20(29-6-8-31(9-7-29)36(2,33)34)26-21-24-19(16-4-3-5-18-17(16)14-23-28-18)25-22(27-21)30-10-12-35-13-11-30/h3-5,14,20H,6-13H2,1-2H3,(H,23,28)(H,24,25,26,27). The molecule has 0 radical (unpaired) electrons. The lowest BCUT2D eigenvalue weighted by Gasteiger charge is -2.37. The van der Waals surface area contributed by atoms with Crippen LogP contribution in [0.2, 0.25) is 0 Å². The summed E-state index contributed by atoms with van der Waals surface area (Å²) in [5, 5.41) is 11.2. The van der Waals surface area contributed by atoms with Crippen molar-refractivity contribution in [3.05, 3.63) is 24.4 Å². The second kappa shape index (κ2) is 10.0. The van der Waals surface area contributed by atoms with E-state index in [1.54, 1.807) is 6.20 Å². The summed E-state index contributed by atoms with van der Waals surface area (Å²) in [7, 11) is -3.28. The molecule has 3 aromatic rings. The van der Waals surface area contributed by atoms with E-state index in [1.165, 1.54) is 17.5 Å². The van der Waals surface area contributed by atoms with Crippen LogP contribution in [0.15, 0.2) is 24.4 Å². The molecule has 0 aliphatic carbocycles. The lowest BCUT2D eigenvalue weighted by molar-refractivity contribution is -0.121. The molecule has 0 spiro atoms. The van der Waals surface area contributed by atoms with Gasteiger partial charge in [0, 0.05) is 50.2 Å². The van der Waals surface area contributed by atoms with Gasteiger partial charge in [0.05, 0.1) is 31.2 Å². The number of ether oxygens (including phenoxy) is 1. The molecule has 0 amide bonds. The number of hydrogen-bond donors (Lipinski definition) is 2. The van der Waals surface area contributed by atoms with Crippen molar-refractivity contribution in [1.82, 2.24) is 34.4 Å². The highest BCUT2D eigenvalue weighted by Gasteiger charge is 2.31. The van der Waals surface area contributed by atoms with Crippen LogP contribution in [0.25, 0.3) is 22.3 Å². The van der Waals surface area contributed by atoms with Crippen molar-refractivity contribution in [2.45, 2.75) is 13.1 Å². The summed E-state index contributed by atoms with van der Waals surface area (Å²) in [6, 6.07) is 5.75. The zero-order valence-electron chi connectivity index (χ0n) is 20.2. The Morgan fingerprint density at radius 2 is 1.83 bits per heavy atom. The predicted octanol–water partition coefficient (Wildman–Crippen LogP) is 0.156. The number of aromatic nitrogens is 5. The number of hydrogen-bond acceptors (Lipinski definition) is 11. The Labute approximate surface area is 208 Å². The van der Waals surface area contributed by atoms with Crippen LogP contribution < -0.4 is 10.2 Å². The Kier molecular flexibility index (Phi) is 6.83. The molecule has 2 aromatic heterocycles. The van der Waals surface area contributed by atoms with Crippen LogP contribution >= 0.6 is 0 Å². The fraction of sp³-hybridized carbons (Fsp3) is 0.500. The molecule has 1 atom stereocenters. The van der Waals surface area contributed by atoms with E-state index in [-0.39, 0.29) is 11.7 Å². The molecule has 192 valence electrons. The van der Waals surface area contributed by atoms with Crippen LogP contribution in [0, 0.1) is 0 Å². The van der Waals surface area contributed by atoms with Gasteiger partial charge in [-0.15, -0.1) is 0 Å². The van der Waals surface area contributed by atoms with E-state index in [0.717, 1.165) is 16.5 Å². The third-order valence-electron chi connectivity index (χ3n) is 6.40. The maximum Gasteiger partial charge on any atom is 0.230 e. The van der Waals surface area contributed by atoms with Crippen LogP contribution in [0.5, 0.6) is 0 Å². The van der Waals surface area contributed by atoms with Gasteiger partial charge in [-0.25, -0.2) is 8.42 Å². The number of piperazine rings is 1. The van der Waals surface area contributed by atoms with Gasteiger partial charge in [0.2, 0.25) is 21.9 Å². The Morgan fingerprint density at radius 3 is 2.53 bits per heavy atom. The lowest BCUT2D eigenvalue weighted by atomic mass is 10.1. The van der Waals surface area contributed by atoms with Gasteiger partial charge in [-0.1, -0.05) is 12.1 Å². The van der Waals surface area contributed by atoms with Crippen molar-refractivity contribution >= 4 is 38.6 Å². The second-order valence-corrected chi connectivity index (χ2v) is 10.9. The number of aromatic amines is 1. The maximum absolute atomic E-state index is 12.7. The summed E-state index contributed by atoms with van der Waals surface area (Å²) in [5.74, 6) is 1.11. The van der Waals surface area contributed by atoms with Gasteiger partial charge in [-0.2, -0.15) is 24.4 Å². The topological polar surface area (TPSA) is 150 Å². The van der Waals surface area contributed by atoms with Crippen LogP contribution in [-0.4, -0.2) is 113 Å². The molecular weight excluding hydrogens is 486 g/mol. The van der Waals surface area contributed by atoms with Crippen molar-refractivity contribution in [1.29, 1.82) is 0 Å². The number of carbonyl (C=O) groups is 1. The fourth-order valence-corrected chi connectivity index (χ4v) is 5.31. The highest BCUT2D eigenvalue weighted by molar-refractivity contribution is 7.88. The number of carbonyl (C=O) groups excluding carboxylic acids is 1. The molecule has 14 heteroatoms. The average Bonchev–Trinajstić information content (AvgIpc) is 3.36. The molecule has 13 nitrogen and oxygen atoms in total. The fourth-order valence-electron chi connectivity index (χ4n) is 4.48. The monoisotopic (exact) mass is 515 g/mol. The van der Waals surface area contributed by atoms with E-state index in [2.05, 4.69) is 25.5 Å². The Morgan fingerprint density at radius 1 is 1.08 bits per heavy atom. The highest BCUT2D eigenvalue weighted by atomic mass is 32.2. The van der Waals surface area contributed by atoms with Gasteiger partial charge in [-0.3, -0.25) is 14.8 Å². The smallest absolute Gasteiger partial charge is 0.230 e. The number of fused-ring (bicyclic) bond motifs is 1. The first-order valence-corrected chi connectivity index (χ1v) is 13.6.